The average molecular weight is 348 g/mol. The summed E-state index contributed by atoms with van der Waals surface area (Å²) >= 11 is 0. The lowest BCUT2D eigenvalue weighted by Crippen LogP contribution is -2.44. The predicted molar refractivity (Wildman–Crippen MR) is 96.4 cm³/mol. The molecule has 0 aliphatic carbocycles. The standard InChI is InChI=1S/C18H25FN2O2Si/c1-18(2,3)24(4,5)11-7-10-15(16(20)22)21-17(23)13-8-6-9-14(19)12-13/h6,8-9,12,15H,10H2,1-5H3,(H2,20,22)(H,21,23)/t15-/m0/s1. The van der Waals surface area contributed by atoms with E-state index in [9.17, 15) is 14.0 Å². The first-order valence-corrected chi connectivity index (χ1v) is 10.8. The topological polar surface area (TPSA) is 72.2 Å². The zero-order valence-electron chi connectivity index (χ0n) is 14.9. The summed E-state index contributed by atoms with van der Waals surface area (Å²) in [5.74, 6) is 1.27. The molecule has 0 heterocycles. The van der Waals surface area contributed by atoms with Gasteiger partial charge in [-0.1, -0.05) is 39.9 Å². The quantitative estimate of drug-likeness (QED) is 0.649. The summed E-state index contributed by atoms with van der Waals surface area (Å²) in [4.78, 5) is 23.7. The largest absolute Gasteiger partial charge is 0.368 e. The van der Waals surface area contributed by atoms with Crippen LogP contribution < -0.4 is 11.1 Å². The molecule has 4 nitrogen and oxygen atoms in total. The maximum absolute atomic E-state index is 13.2. The Morgan fingerprint density at radius 2 is 1.96 bits per heavy atom. The minimum Gasteiger partial charge on any atom is -0.368 e. The number of benzene rings is 1. The summed E-state index contributed by atoms with van der Waals surface area (Å²) in [6.07, 6.45) is 0.142. The van der Waals surface area contributed by atoms with Crippen LogP contribution in [0.15, 0.2) is 24.3 Å². The van der Waals surface area contributed by atoms with Gasteiger partial charge in [-0.05, 0) is 23.2 Å². The van der Waals surface area contributed by atoms with Crippen molar-refractivity contribution in [3.63, 3.8) is 0 Å². The van der Waals surface area contributed by atoms with Crippen LogP contribution in [0.3, 0.4) is 0 Å². The van der Waals surface area contributed by atoms with Crippen molar-refractivity contribution in [2.24, 2.45) is 5.73 Å². The van der Waals surface area contributed by atoms with Crippen LogP contribution in [0.25, 0.3) is 0 Å². The third-order valence-electron chi connectivity index (χ3n) is 4.32. The van der Waals surface area contributed by atoms with Gasteiger partial charge in [-0.3, -0.25) is 9.59 Å². The summed E-state index contributed by atoms with van der Waals surface area (Å²) < 4.78 is 13.2. The number of amides is 2. The van der Waals surface area contributed by atoms with Crippen LogP contribution in [-0.4, -0.2) is 25.9 Å². The molecule has 0 aliphatic heterocycles. The highest BCUT2D eigenvalue weighted by molar-refractivity contribution is 6.87. The molecule has 0 unspecified atom stereocenters. The van der Waals surface area contributed by atoms with Crippen LogP contribution in [0.2, 0.25) is 18.1 Å². The summed E-state index contributed by atoms with van der Waals surface area (Å²) in [6, 6.07) is 4.35. The van der Waals surface area contributed by atoms with Gasteiger partial charge in [-0.2, -0.15) is 0 Å². The van der Waals surface area contributed by atoms with Gasteiger partial charge in [-0.15, -0.1) is 11.5 Å². The van der Waals surface area contributed by atoms with E-state index in [4.69, 9.17) is 5.73 Å². The van der Waals surface area contributed by atoms with Crippen molar-refractivity contribution in [2.75, 3.05) is 0 Å². The number of carbonyl (C=O) groups is 2. The molecule has 3 N–H and O–H groups in total. The SMILES string of the molecule is CC(C)(C)[Si](C)(C)C#CC[C@H](NC(=O)c1cccc(F)c1)C(N)=O. The maximum Gasteiger partial charge on any atom is 0.252 e. The van der Waals surface area contributed by atoms with E-state index in [0.717, 1.165) is 6.07 Å². The van der Waals surface area contributed by atoms with E-state index in [1.807, 2.05) is 0 Å². The second-order valence-electron chi connectivity index (χ2n) is 7.32. The fourth-order valence-corrected chi connectivity index (χ4v) is 2.57. The highest BCUT2D eigenvalue weighted by Gasteiger charge is 2.33. The first-order valence-electron chi connectivity index (χ1n) is 7.80. The van der Waals surface area contributed by atoms with Crippen molar-refractivity contribution >= 4 is 19.9 Å². The smallest absolute Gasteiger partial charge is 0.252 e. The number of hydrogen-bond donors (Lipinski definition) is 2. The molecular weight excluding hydrogens is 323 g/mol. The molecular formula is C18H25FN2O2Si. The lowest BCUT2D eigenvalue weighted by molar-refractivity contribution is -0.119. The molecule has 2 amide bonds. The van der Waals surface area contributed by atoms with Crippen LogP contribution in [0.4, 0.5) is 4.39 Å². The average Bonchev–Trinajstić information content (AvgIpc) is 2.44. The molecule has 0 saturated carbocycles. The van der Waals surface area contributed by atoms with Crippen LogP contribution in [0.5, 0.6) is 0 Å². The number of primary amides is 1. The van der Waals surface area contributed by atoms with Crippen LogP contribution in [0, 0.1) is 17.3 Å². The second-order valence-corrected chi connectivity index (χ2v) is 12.3. The minimum atomic E-state index is -1.79. The number of nitrogens with one attached hydrogen (secondary N) is 1. The summed E-state index contributed by atoms with van der Waals surface area (Å²) in [7, 11) is -1.79. The second kappa shape index (κ2) is 7.62. The number of nitrogens with two attached hydrogens (primary N) is 1. The molecule has 6 heteroatoms. The summed E-state index contributed by atoms with van der Waals surface area (Å²) in [6.45, 7) is 10.7. The molecule has 0 bridgehead atoms. The fraction of sp³-hybridized carbons (Fsp3) is 0.444. The Morgan fingerprint density at radius 3 is 2.46 bits per heavy atom. The van der Waals surface area contributed by atoms with Crippen LogP contribution >= 0.6 is 0 Å². The van der Waals surface area contributed by atoms with Gasteiger partial charge in [-0.25, -0.2) is 4.39 Å². The van der Waals surface area contributed by atoms with Crippen molar-refractivity contribution in [3.8, 4) is 11.5 Å². The molecule has 1 aromatic carbocycles. The Labute approximate surface area is 144 Å². The maximum atomic E-state index is 13.2. The predicted octanol–water partition coefficient (Wildman–Crippen LogP) is 2.85. The van der Waals surface area contributed by atoms with Gasteiger partial charge in [0, 0.05) is 12.0 Å². The van der Waals surface area contributed by atoms with E-state index in [0.29, 0.717) is 0 Å². The van der Waals surface area contributed by atoms with Gasteiger partial charge in [0.2, 0.25) is 5.91 Å². The Balaban J connectivity index is 2.83. The van der Waals surface area contributed by atoms with Crippen molar-refractivity contribution in [1.82, 2.24) is 5.32 Å². The van der Waals surface area contributed by atoms with Crippen molar-refractivity contribution in [3.05, 3.63) is 35.6 Å². The highest BCUT2D eigenvalue weighted by atomic mass is 28.3. The zero-order chi connectivity index (χ0) is 18.5. The van der Waals surface area contributed by atoms with Crippen molar-refractivity contribution < 1.29 is 14.0 Å². The molecule has 0 fully saturated rings. The highest BCUT2D eigenvalue weighted by Crippen LogP contribution is 2.35. The molecule has 0 aliphatic rings. The summed E-state index contributed by atoms with van der Waals surface area (Å²) in [5.41, 5.74) is 8.76. The Hall–Kier alpha value is -2.13. The Bertz CT molecular complexity index is 684. The van der Waals surface area contributed by atoms with Gasteiger partial charge >= 0.3 is 0 Å². The number of hydrogen-bond acceptors (Lipinski definition) is 2. The van der Waals surface area contributed by atoms with Gasteiger partial charge in [0.25, 0.3) is 5.91 Å². The lowest BCUT2D eigenvalue weighted by atomic mass is 10.1. The monoisotopic (exact) mass is 348 g/mol. The normalized spacial score (nSPS) is 12.8. The molecule has 0 spiro atoms. The molecule has 24 heavy (non-hydrogen) atoms. The van der Waals surface area contributed by atoms with E-state index >= 15 is 0 Å². The van der Waals surface area contributed by atoms with E-state index in [1.54, 1.807) is 0 Å². The summed E-state index contributed by atoms with van der Waals surface area (Å²) in [5, 5.41) is 2.62. The zero-order valence-corrected chi connectivity index (χ0v) is 15.9. The molecule has 1 atom stereocenters. The first kappa shape index (κ1) is 19.9. The van der Waals surface area contributed by atoms with E-state index in [1.165, 1.54) is 18.2 Å². The fourth-order valence-electron chi connectivity index (χ4n) is 1.66. The number of halogens is 1. The van der Waals surface area contributed by atoms with E-state index in [2.05, 4.69) is 50.6 Å². The van der Waals surface area contributed by atoms with E-state index in [-0.39, 0.29) is 17.0 Å². The van der Waals surface area contributed by atoms with E-state index < -0.39 is 31.7 Å². The molecule has 0 saturated heterocycles. The third-order valence-corrected chi connectivity index (χ3v) is 8.87. The van der Waals surface area contributed by atoms with Crippen LogP contribution in [-0.2, 0) is 4.79 Å². The minimum absolute atomic E-state index is 0.104. The Morgan fingerprint density at radius 1 is 1.33 bits per heavy atom. The number of carbonyl (C=O) groups excluding carboxylic acids is 2. The van der Waals surface area contributed by atoms with Gasteiger partial charge in [0.15, 0.2) is 0 Å². The van der Waals surface area contributed by atoms with Crippen molar-refractivity contribution in [2.45, 2.75) is 51.4 Å². The Kier molecular flexibility index (Phi) is 6.33. The van der Waals surface area contributed by atoms with Gasteiger partial charge in [0.05, 0.1) is 0 Å². The molecule has 130 valence electrons. The van der Waals surface area contributed by atoms with Gasteiger partial charge < -0.3 is 11.1 Å². The molecule has 0 aromatic heterocycles. The number of rotatable bonds is 4. The molecule has 1 rings (SSSR count). The molecule has 0 radical (unpaired) electrons. The van der Waals surface area contributed by atoms with Gasteiger partial charge in [0.1, 0.15) is 19.9 Å². The lowest BCUT2D eigenvalue weighted by Gasteiger charge is -2.31. The van der Waals surface area contributed by atoms with Crippen LogP contribution in [0.1, 0.15) is 37.6 Å². The molecule has 1 aromatic rings. The first-order chi connectivity index (χ1) is 10.9. The third kappa shape index (κ3) is 5.50. The van der Waals surface area contributed by atoms with Crippen molar-refractivity contribution in [1.29, 1.82) is 0 Å².